The molecular weight excluding hydrogens is 352 g/mol. The average Bonchev–Trinajstić information content (AvgIpc) is 2.62. The number of anilines is 2. The first kappa shape index (κ1) is 17.7. The number of carboxylic acids is 1. The Morgan fingerprint density at radius 3 is 1.89 bits per heavy atom. The molecule has 3 aromatic carbocycles. The number of aromatic hydroxyl groups is 2. The molecular formula is C19H16N2O6. The van der Waals surface area contributed by atoms with Crippen molar-refractivity contribution >= 4 is 17.3 Å². The van der Waals surface area contributed by atoms with E-state index < -0.39 is 5.97 Å². The number of carbonyl (C=O) groups is 1. The van der Waals surface area contributed by atoms with Crippen LogP contribution in [0.3, 0.4) is 0 Å². The van der Waals surface area contributed by atoms with E-state index in [0.29, 0.717) is 0 Å². The van der Waals surface area contributed by atoms with E-state index in [9.17, 15) is 20.1 Å². The Hall–Kier alpha value is -4.07. The molecule has 27 heavy (non-hydrogen) atoms. The first-order valence-corrected chi connectivity index (χ1v) is 7.74. The van der Waals surface area contributed by atoms with E-state index in [1.807, 2.05) is 0 Å². The molecule has 0 amide bonds. The van der Waals surface area contributed by atoms with Crippen molar-refractivity contribution in [2.75, 3.05) is 11.5 Å². The largest absolute Gasteiger partial charge is 0.506 e. The number of benzene rings is 3. The number of nitrogens with two attached hydrogens (primary N) is 2. The lowest BCUT2D eigenvalue weighted by molar-refractivity contribution is 0.0693. The van der Waals surface area contributed by atoms with Gasteiger partial charge in [0.1, 0.15) is 28.6 Å². The minimum absolute atomic E-state index is 0.0783. The van der Waals surface area contributed by atoms with Gasteiger partial charge in [0.05, 0.1) is 11.4 Å². The van der Waals surface area contributed by atoms with Crippen molar-refractivity contribution in [3.63, 3.8) is 0 Å². The first-order valence-electron chi connectivity index (χ1n) is 7.74. The Kier molecular flexibility index (Phi) is 4.63. The van der Waals surface area contributed by atoms with Crippen molar-refractivity contribution in [3.8, 4) is 34.5 Å². The second-order valence-electron chi connectivity index (χ2n) is 5.58. The van der Waals surface area contributed by atoms with Crippen LogP contribution in [0.25, 0.3) is 0 Å². The smallest absolute Gasteiger partial charge is 0.339 e. The molecule has 8 heteroatoms. The molecule has 3 rings (SSSR count). The number of carboxylic acid groups (broad SMARTS) is 1. The van der Waals surface area contributed by atoms with E-state index in [-0.39, 0.29) is 51.4 Å². The van der Waals surface area contributed by atoms with Gasteiger partial charge in [-0.15, -0.1) is 0 Å². The van der Waals surface area contributed by atoms with Crippen LogP contribution >= 0.6 is 0 Å². The van der Waals surface area contributed by atoms with Gasteiger partial charge < -0.3 is 36.3 Å². The standard InChI is InChI=1S/C19H16N2O6/c20-13-6-4-10(8-15(13)22)26-17-3-1-2-12(19(24)25)18(17)27-11-5-7-14(21)16(23)9-11/h1-9,22-23H,20-21H2,(H,24,25). The highest BCUT2D eigenvalue weighted by Crippen LogP contribution is 2.40. The topological polar surface area (TPSA) is 148 Å². The van der Waals surface area contributed by atoms with Crippen molar-refractivity contribution in [2.45, 2.75) is 0 Å². The summed E-state index contributed by atoms with van der Waals surface area (Å²) in [6.45, 7) is 0. The van der Waals surface area contributed by atoms with E-state index in [1.54, 1.807) is 0 Å². The number of rotatable bonds is 5. The van der Waals surface area contributed by atoms with Crippen LogP contribution < -0.4 is 20.9 Å². The monoisotopic (exact) mass is 368 g/mol. The Bertz CT molecular complexity index is 1020. The zero-order chi connectivity index (χ0) is 19.6. The van der Waals surface area contributed by atoms with Crippen molar-refractivity contribution < 1.29 is 29.6 Å². The molecule has 0 aliphatic heterocycles. The van der Waals surface area contributed by atoms with Gasteiger partial charge in [0, 0.05) is 12.1 Å². The Morgan fingerprint density at radius 2 is 1.37 bits per heavy atom. The highest BCUT2D eigenvalue weighted by Gasteiger charge is 2.19. The average molecular weight is 368 g/mol. The minimum atomic E-state index is -1.23. The molecule has 0 radical (unpaired) electrons. The first-order chi connectivity index (χ1) is 12.8. The van der Waals surface area contributed by atoms with E-state index in [0.717, 1.165) is 0 Å². The molecule has 0 bridgehead atoms. The Labute approximate surface area is 153 Å². The van der Waals surface area contributed by atoms with Gasteiger partial charge in [-0.05, 0) is 36.4 Å². The zero-order valence-electron chi connectivity index (χ0n) is 13.9. The molecule has 0 heterocycles. The summed E-state index contributed by atoms with van der Waals surface area (Å²) in [5.74, 6) is -1.19. The highest BCUT2D eigenvalue weighted by molar-refractivity contribution is 5.92. The summed E-state index contributed by atoms with van der Waals surface area (Å²) in [6.07, 6.45) is 0. The lowest BCUT2D eigenvalue weighted by Gasteiger charge is -2.15. The molecule has 0 aliphatic carbocycles. The lowest BCUT2D eigenvalue weighted by atomic mass is 10.2. The third-order valence-electron chi connectivity index (χ3n) is 3.66. The molecule has 3 aromatic rings. The van der Waals surface area contributed by atoms with Crippen LogP contribution in [-0.2, 0) is 0 Å². The molecule has 0 saturated heterocycles. The zero-order valence-corrected chi connectivity index (χ0v) is 13.9. The fraction of sp³-hybridized carbons (Fsp3) is 0. The normalized spacial score (nSPS) is 10.4. The van der Waals surface area contributed by atoms with Gasteiger partial charge >= 0.3 is 5.97 Å². The number of phenolic OH excluding ortho intramolecular Hbond substituents is 2. The molecule has 0 atom stereocenters. The maximum Gasteiger partial charge on any atom is 0.339 e. The molecule has 7 N–H and O–H groups in total. The van der Waals surface area contributed by atoms with Gasteiger partial charge in [0.15, 0.2) is 11.5 Å². The summed E-state index contributed by atoms with van der Waals surface area (Å²) in [7, 11) is 0. The summed E-state index contributed by atoms with van der Waals surface area (Å²) in [5, 5.41) is 28.9. The van der Waals surface area contributed by atoms with Crippen molar-refractivity contribution in [3.05, 3.63) is 60.2 Å². The fourth-order valence-corrected chi connectivity index (χ4v) is 2.29. The van der Waals surface area contributed by atoms with Crippen LogP contribution in [-0.4, -0.2) is 21.3 Å². The second kappa shape index (κ2) is 7.04. The Balaban J connectivity index is 2.02. The molecule has 0 spiro atoms. The summed E-state index contributed by atoms with van der Waals surface area (Å²) in [4.78, 5) is 11.6. The second-order valence-corrected chi connectivity index (χ2v) is 5.58. The van der Waals surface area contributed by atoms with Crippen molar-refractivity contribution in [1.82, 2.24) is 0 Å². The number of aromatic carboxylic acids is 1. The van der Waals surface area contributed by atoms with Gasteiger partial charge in [0.25, 0.3) is 0 Å². The van der Waals surface area contributed by atoms with Crippen molar-refractivity contribution in [1.29, 1.82) is 0 Å². The van der Waals surface area contributed by atoms with Crippen LogP contribution in [0.15, 0.2) is 54.6 Å². The van der Waals surface area contributed by atoms with E-state index in [4.69, 9.17) is 20.9 Å². The van der Waals surface area contributed by atoms with Gasteiger partial charge in [0.2, 0.25) is 0 Å². The van der Waals surface area contributed by atoms with E-state index in [2.05, 4.69) is 0 Å². The molecule has 0 fully saturated rings. The van der Waals surface area contributed by atoms with E-state index in [1.165, 1.54) is 54.6 Å². The minimum Gasteiger partial charge on any atom is -0.506 e. The molecule has 0 aromatic heterocycles. The van der Waals surface area contributed by atoms with Crippen LogP contribution in [0, 0.1) is 0 Å². The van der Waals surface area contributed by atoms with Crippen LogP contribution in [0.1, 0.15) is 10.4 Å². The fourth-order valence-electron chi connectivity index (χ4n) is 2.29. The SMILES string of the molecule is Nc1ccc(Oc2cccc(C(=O)O)c2Oc2ccc(N)c(O)c2)cc1O. The van der Waals surface area contributed by atoms with Gasteiger partial charge in [-0.3, -0.25) is 0 Å². The number of phenols is 2. The maximum atomic E-state index is 11.6. The summed E-state index contributed by atoms with van der Waals surface area (Å²) >= 11 is 0. The summed E-state index contributed by atoms with van der Waals surface area (Å²) in [5.41, 5.74) is 11.3. The quantitative estimate of drug-likeness (QED) is 0.339. The van der Waals surface area contributed by atoms with Gasteiger partial charge in [-0.1, -0.05) is 6.07 Å². The molecule has 0 saturated carbocycles. The van der Waals surface area contributed by atoms with Gasteiger partial charge in [-0.2, -0.15) is 0 Å². The molecule has 8 nitrogen and oxygen atoms in total. The molecule has 0 aliphatic rings. The number of hydrogen-bond acceptors (Lipinski definition) is 7. The number of nitrogen functional groups attached to an aromatic ring is 2. The van der Waals surface area contributed by atoms with Gasteiger partial charge in [-0.25, -0.2) is 4.79 Å². The Morgan fingerprint density at radius 1 is 0.815 bits per heavy atom. The maximum absolute atomic E-state index is 11.6. The molecule has 138 valence electrons. The summed E-state index contributed by atoms with van der Waals surface area (Å²) in [6, 6.07) is 12.8. The van der Waals surface area contributed by atoms with E-state index >= 15 is 0 Å². The van der Waals surface area contributed by atoms with Crippen LogP contribution in [0.2, 0.25) is 0 Å². The molecule has 0 unspecified atom stereocenters. The predicted molar refractivity (Wildman–Crippen MR) is 98.6 cm³/mol. The van der Waals surface area contributed by atoms with Crippen LogP contribution in [0.5, 0.6) is 34.5 Å². The van der Waals surface area contributed by atoms with Crippen molar-refractivity contribution in [2.24, 2.45) is 0 Å². The summed E-state index contributed by atoms with van der Waals surface area (Å²) < 4.78 is 11.3. The third kappa shape index (κ3) is 3.79. The lowest BCUT2D eigenvalue weighted by Crippen LogP contribution is -2.02. The highest BCUT2D eigenvalue weighted by atomic mass is 16.5. The number of para-hydroxylation sites is 1. The number of ether oxygens (including phenoxy) is 2. The number of hydrogen-bond donors (Lipinski definition) is 5. The third-order valence-corrected chi connectivity index (χ3v) is 3.66. The predicted octanol–water partition coefficient (Wildman–Crippen LogP) is 3.55. The van der Waals surface area contributed by atoms with Crippen LogP contribution in [0.4, 0.5) is 11.4 Å².